The quantitative estimate of drug-likeness (QED) is 0.367. The number of nitrogens with one attached hydrogen (secondary N) is 2. The monoisotopic (exact) mass is 202 g/mol. The first-order chi connectivity index (χ1) is 6.61. The molecule has 0 saturated heterocycles. The Labute approximate surface area is 82.0 Å². The van der Waals surface area contributed by atoms with Crippen molar-refractivity contribution >= 4 is 17.8 Å². The van der Waals surface area contributed by atoms with Gasteiger partial charge in [-0.25, -0.2) is 4.79 Å². The summed E-state index contributed by atoms with van der Waals surface area (Å²) >= 11 is 0. The molecule has 0 aliphatic heterocycles. The van der Waals surface area contributed by atoms with Gasteiger partial charge in [0.15, 0.2) is 0 Å². The van der Waals surface area contributed by atoms with Crippen LogP contribution in [0.4, 0.5) is 0 Å². The average molecular weight is 202 g/mol. The molecule has 0 radical (unpaired) electrons. The number of esters is 1. The molecule has 80 valence electrons. The fraction of sp³-hybridized carbons (Fsp3) is 0.625. The van der Waals surface area contributed by atoms with Gasteiger partial charge >= 0.3 is 11.9 Å². The van der Waals surface area contributed by atoms with E-state index in [2.05, 4.69) is 10.2 Å². The zero-order chi connectivity index (χ0) is 11.0. The molecule has 6 heteroatoms. The van der Waals surface area contributed by atoms with Gasteiger partial charge in [-0.3, -0.25) is 20.4 Å². The standard InChI is InChI=1S/C8H14N2O4/c1-3-5-6(11)9-10-7(12)8(13)14-4-2/h3-5H2,1-2H3,(H,9,11)(H,10,12). The minimum atomic E-state index is -1.01. The SMILES string of the molecule is CCCC(=O)NNC(=O)C(=O)OCC. The molecule has 6 nitrogen and oxygen atoms in total. The van der Waals surface area contributed by atoms with Crippen LogP contribution >= 0.6 is 0 Å². The number of ether oxygens (including phenoxy) is 1. The highest BCUT2D eigenvalue weighted by Crippen LogP contribution is 1.83. The van der Waals surface area contributed by atoms with Crippen molar-refractivity contribution in [2.24, 2.45) is 0 Å². The summed E-state index contributed by atoms with van der Waals surface area (Å²) in [5, 5.41) is 0. The van der Waals surface area contributed by atoms with E-state index in [4.69, 9.17) is 0 Å². The van der Waals surface area contributed by atoms with E-state index in [1.54, 1.807) is 6.92 Å². The number of rotatable bonds is 3. The van der Waals surface area contributed by atoms with Crippen LogP contribution in [0.1, 0.15) is 26.7 Å². The summed E-state index contributed by atoms with van der Waals surface area (Å²) in [7, 11) is 0. The molecule has 0 saturated carbocycles. The molecule has 0 heterocycles. The zero-order valence-electron chi connectivity index (χ0n) is 8.25. The van der Waals surface area contributed by atoms with Crippen LogP contribution in [0.5, 0.6) is 0 Å². The first-order valence-corrected chi connectivity index (χ1v) is 4.37. The highest BCUT2D eigenvalue weighted by atomic mass is 16.5. The lowest BCUT2D eigenvalue weighted by Crippen LogP contribution is -2.45. The summed E-state index contributed by atoms with van der Waals surface area (Å²) in [5.41, 5.74) is 4.02. The van der Waals surface area contributed by atoms with E-state index in [0.29, 0.717) is 12.8 Å². The van der Waals surface area contributed by atoms with E-state index in [0.717, 1.165) is 0 Å². The summed E-state index contributed by atoms with van der Waals surface area (Å²) in [6.45, 7) is 3.53. The van der Waals surface area contributed by atoms with Crippen LogP contribution in [0, 0.1) is 0 Å². The molecule has 0 rings (SSSR count). The molecule has 0 aliphatic carbocycles. The fourth-order valence-corrected chi connectivity index (χ4v) is 0.664. The first-order valence-electron chi connectivity index (χ1n) is 4.37. The zero-order valence-corrected chi connectivity index (χ0v) is 8.25. The highest BCUT2D eigenvalue weighted by molar-refractivity contribution is 6.32. The Bertz CT molecular complexity index is 227. The van der Waals surface area contributed by atoms with E-state index in [-0.39, 0.29) is 12.5 Å². The van der Waals surface area contributed by atoms with Gasteiger partial charge in [0.1, 0.15) is 0 Å². The van der Waals surface area contributed by atoms with E-state index in [9.17, 15) is 14.4 Å². The molecular weight excluding hydrogens is 188 g/mol. The Kier molecular flexibility index (Phi) is 6.09. The lowest BCUT2D eigenvalue weighted by atomic mass is 10.3. The molecule has 0 bridgehead atoms. The van der Waals surface area contributed by atoms with Gasteiger partial charge in [-0.1, -0.05) is 6.92 Å². The number of hydrogen-bond acceptors (Lipinski definition) is 4. The van der Waals surface area contributed by atoms with Gasteiger partial charge < -0.3 is 4.74 Å². The second-order valence-corrected chi connectivity index (χ2v) is 2.47. The molecule has 0 fully saturated rings. The van der Waals surface area contributed by atoms with Crippen molar-refractivity contribution in [1.29, 1.82) is 0 Å². The third-order valence-electron chi connectivity index (χ3n) is 1.25. The van der Waals surface area contributed by atoms with Crippen LogP contribution in [-0.4, -0.2) is 24.4 Å². The van der Waals surface area contributed by atoms with Crippen LogP contribution in [-0.2, 0) is 19.1 Å². The maximum Gasteiger partial charge on any atom is 0.398 e. The van der Waals surface area contributed by atoms with Gasteiger partial charge in [-0.05, 0) is 13.3 Å². The normalized spacial score (nSPS) is 9.00. The van der Waals surface area contributed by atoms with Gasteiger partial charge in [0.25, 0.3) is 0 Å². The maximum absolute atomic E-state index is 10.9. The van der Waals surface area contributed by atoms with Crippen LogP contribution in [0.25, 0.3) is 0 Å². The van der Waals surface area contributed by atoms with Gasteiger partial charge in [-0.15, -0.1) is 0 Å². The van der Waals surface area contributed by atoms with Crippen molar-refractivity contribution in [2.75, 3.05) is 6.61 Å². The first kappa shape index (κ1) is 12.4. The second kappa shape index (κ2) is 6.88. The molecule has 2 amide bonds. The highest BCUT2D eigenvalue weighted by Gasteiger charge is 2.14. The van der Waals surface area contributed by atoms with Crippen LogP contribution in [0.2, 0.25) is 0 Å². The summed E-state index contributed by atoms with van der Waals surface area (Å²) < 4.78 is 4.39. The van der Waals surface area contributed by atoms with Crippen molar-refractivity contribution in [2.45, 2.75) is 26.7 Å². The summed E-state index contributed by atoms with van der Waals surface area (Å²) in [6.07, 6.45) is 0.963. The Morgan fingerprint density at radius 2 is 1.79 bits per heavy atom. The predicted octanol–water partition coefficient (Wildman–Crippen LogP) is -0.503. The van der Waals surface area contributed by atoms with Crippen molar-refractivity contribution in [1.82, 2.24) is 10.9 Å². The minimum Gasteiger partial charge on any atom is -0.459 e. The number of carbonyl (C=O) groups is 3. The summed E-state index contributed by atoms with van der Waals surface area (Å²) in [5.74, 6) is -2.33. The van der Waals surface area contributed by atoms with Gasteiger partial charge in [0.05, 0.1) is 6.61 Å². The number of hydrogen-bond donors (Lipinski definition) is 2. The second-order valence-electron chi connectivity index (χ2n) is 2.47. The van der Waals surface area contributed by atoms with E-state index in [1.165, 1.54) is 0 Å². The largest absolute Gasteiger partial charge is 0.459 e. The Morgan fingerprint density at radius 1 is 1.14 bits per heavy atom. The molecule has 0 spiro atoms. The summed E-state index contributed by atoms with van der Waals surface area (Å²) in [4.78, 5) is 32.4. The van der Waals surface area contributed by atoms with Crippen molar-refractivity contribution < 1.29 is 19.1 Å². The smallest absolute Gasteiger partial charge is 0.398 e. The third-order valence-corrected chi connectivity index (χ3v) is 1.25. The van der Waals surface area contributed by atoms with Crippen molar-refractivity contribution in [3.63, 3.8) is 0 Å². The predicted molar refractivity (Wildman–Crippen MR) is 47.8 cm³/mol. The molecule has 0 aromatic carbocycles. The molecule has 0 atom stereocenters. The van der Waals surface area contributed by atoms with Gasteiger partial charge in [-0.2, -0.15) is 0 Å². The third kappa shape index (κ3) is 5.13. The molecule has 0 aromatic heterocycles. The van der Waals surface area contributed by atoms with E-state index >= 15 is 0 Å². The molecule has 0 aromatic rings. The van der Waals surface area contributed by atoms with Crippen LogP contribution in [0.3, 0.4) is 0 Å². The molecule has 14 heavy (non-hydrogen) atoms. The van der Waals surface area contributed by atoms with Crippen LogP contribution in [0.15, 0.2) is 0 Å². The average Bonchev–Trinajstić information content (AvgIpc) is 2.15. The molecule has 0 unspecified atom stereocenters. The molecule has 2 N–H and O–H groups in total. The van der Waals surface area contributed by atoms with Gasteiger partial charge in [0, 0.05) is 6.42 Å². The van der Waals surface area contributed by atoms with E-state index in [1.807, 2.05) is 12.3 Å². The van der Waals surface area contributed by atoms with Crippen molar-refractivity contribution in [3.8, 4) is 0 Å². The molecular formula is C8H14N2O4. The minimum absolute atomic E-state index is 0.120. The van der Waals surface area contributed by atoms with Crippen LogP contribution < -0.4 is 10.9 Å². The fourth-order valence-electron chi connectivity index (χ4n) is 0.664. The Hall–Kier alpha value is -1.59. The lowest BCUT2D eigenvalue weighted by molar-refractivity contribution is -0.155. The number of hydrazine groups is 1. The van der Waals surface area contributed by atoms with E-state index < -0.39 is 11.9 Å². The Morgan fingerprint density at radius 3 is 2.29 bits per heavy atom. The lowest BCUT2D eigenvalue weighted by Gasteiger charge is -2.05. The summed E-state index contributed by atoms with van der Waals surface area (Å²) in [6, 6.07) is 0. The molecule has 0 aliphatic rings. The van der Waals surface area contributed by atoms with Gasteiger partial charge in [0.2, 0.25) is 5.91 Å². The Balaban J connectivity index is 3.73. The maximum atomic E-state index is 10.9. The number of amides is 2. The van der Waals surface area contributed by atoms with Crippen molar-refractivity contribution in [3.05, 3.63) is 0 Å². The topological polar surface area (TPSA) is 84.5 Å². The number of carbonyl (C=O) groups excluding carboxylic acids is 3.